The minimum Gasteiger partial charge on any atom is -0.367 e. The summed E-state index contributed by atoms with van der Waals surface area (Å²) in [6.45, 7) is 2.71. The second-order valence-corrected chi connectivity index (χ2v) is 7.30. The minimum absolute atomic E-state index is 0.187. The molecule has 0 radical (unpaired) electrons. The van der Waals surface area contributed by atoms with Crippen LogP contribution in [0.1, 0.15) is 24.6 Å². The molecule has 0 N–H and O–H groups in total. The van der Waals surface area contributed by atoms with E-state index in [0.29, 0.717) is 24.8 Å². The summed E-state index contributed by atoms with van der Waals surface area (Å²) in [6.07, 6.45) is 4.26. The lowest BCUT2D eigenvalue weighted by molar-refractivity contribution is -0.00296. The summed E-state index contributed by atoms with van der Waals surface area (Å²) in [4.78, 5) is 8.15. The molecule has 1 aliphatic heterocycles. The Morgan fingerprint density at radius 2 is 2.35 bits per heavy atom. The van der Waals surface area contributed by atoms with Gasteiger partial charge in [0.05, 0.1) is 6.10 Å². The zero-order valence-electron chi connectivity index (χ0n) is 12.8. The molecule has 1 fully saturated rings. The SMILES string of the molecule is Cc1noc(CO[C@H]2CCCN(S(=O)(=O)c3cccnc3)C2)n1. The van der Waals surface area contributed by atoms with Crippen molar-refractivity contribution >= 4 is 10.0 Å². The normalized spacial score (nSPS) is 19.8. The summed E-state index contributed by atoms with van der Waals surface area (Å²) < 4.78 is 37.4. The van der Waals surface area contributed by atoms with Crippen LogP contribution in [0.3, 0.4) is 0 Å². The Kier molecular flexibility index (Phi) is 4.69. The van der Waals surface area contributed by atoms with Gasteiger partial charge in [0.2, 0.25) is 10.0 Å². The van der Waals surface area contributed by atoms with Gasteiger partial charge in [-0.2, -0.15) is 9.29 Å². The largest absolute Gasteiger partial charge is 0.367 e. The molecule has 1 saturated heterocycles. The fourth-order valence-electron chi connectivity index (χ4n) is 2.50. The number of hydrogen-bond donors (Lipinski definition) is 0. The molecule has 0 aliphatic carbocycles. The lowest BCUT2D eigenvalue weighted by atomic mass is 10.1. The van der Waals surface area contributed by atoms with Crippen LogP contribution in [0.4, 0.5) is 0 Å². The molecule has 0 amide bonds. The molecule has 9 heteroatoms. The van der Waals surface area contributed by atoms with Crippen LogP contribution in [0.5, 0.6) is 0 Å². The predicted molar refractivity (Wildman–Crippen MR) is 79.8 cm³/mol. The maximum atomic E-state index is 12.6. The summed E-state index contributed by atoms with van der Waals surface area (Å²) in [6, 6.07) is 3.16. The van der Waals surface area contributed by atoms with Gasteiger partial charge in [-0.05, 0) is 31.9 Å². The molecule has 0 aromatic carbocycles. The summed E-state index contributed by atoms with van der Waals surface area (Å²) in [5, 5.41) is 3.69. The number of piperidine rings is 1. The monoisotopic (exact) mass is 338 g/mol. The molecule has 2 aromatic rings. The molecule has 1 aliphatic rings. The quantitative estimate of drug-likeness (QED) is 0.806. The van der Waals surface area contributed by atoms with Crippen LogP contribution in [0.25, 0.3) is 0 Å². The highest BCUT2D eigenvalue weighted by Gasteiger charge is 2.31. The molecule has 23 heavy (non-hydrogen) atoms. The van der Waals surface area contributed by atoms with Gasteiger partial charge < -0.3 is 9.26 Å². The van der Waals surface area contributed by atoms with Gasteiger partial charge in [0.15, 0.2) is 5.82 Å². The number of pyridine rings is 1. The van der Waals surface area contributed by atoms with Gasteiger partial charge >= 0.3 is 0 Å². The first kappa shape index (κ1) is 16.0. The second kappa shape index (κ2) is 6.73. The van der Waals surface area contributed by atoms with Crippen LogP contribution >= 0.6 is 0 Å². The highest BCUT2D eigenvalue weighted by molar-refractivity contribution is 7.89. The molecule has 0 bridgehead atoms. The third-order valence-electron chi connectivity index (χ3n) is 3.63. The van der Waals surface area contributed by atoms with Gasteiger partial charge in [0.25, 0.3) is 5.89 Å². The number of sulfonamides is 1. The van der Waals surface area contributed by atoms with Crippen molar-refractivity contribution in [3.05, 3.63) is 36.2 Å². The summed E-state index contributed by atoms with van der Waals surface area (Å²) in [5.41, 5.74) is 0. The number of ether oxygens (including phenoxy) is 1. The van der Waals surface area contributed by atoms with Gasteiger partial charge in [0.1, 0.15) is 11.5 Å². The van der Waals surface area contributed by atoms with Crippen molar-refractivity contribution in [3.63, 3.8) is 0 Å². The van der Waals surface area contributed by atoms with E-state index in [0.717, 1.165) is 12.8 Å². The van der Waals surface area contributed by atoms with E-state index in [1.54, 1.807) is 25.3 Å². The number of nitrogens with zero attached hydrogens (tertiary/aromatic N) is 4. The van der Waals surface area contributed by atoms with E-state index in [4.69, 9.17) is 9.26 Å². The molecule has 2 aromatic heterocycles. The third-order valence-corrected chi connectivity index (χ3v) is 5.47. The molecule has 8 nitrogen and oxygen atoms in total. The van der Waals surface area contributed by atoms with Crippen LogP contribution in [0, 0.1) is 6.92 Å². The van der Waals surface area contributed by atoms with E-state index >= 15 is 0 Å². The van der Waals surface area contributed by atoms with Crippen LogP contribution in [0.15, 0.2) is 33.9 Å². The second-order valence-electron chi connectivity index (χ2n) is 5.36. The maximum Gasteiger partial charge on any atom is 0.252 e. The fourth-order valence-corrected chi connectivity index (χ4v) is 3.97. The van der Waals surface area contributed by atoms with Gasteiger partial charge in [-0.25, -0.2) is 8.42 Å². The van der Waals surface area contributed by atoms with Crippen molar-refractivity contribution in [2.24, 2.45) is 0 Å². The zero-order chi connectivity index (χ0) is 16.3. The topological polar surface area (TPSA) is 98.4 Å². The average molecular weight is 338 g/mol. The van der Waals surface area contributed by atoms with Gasteiger partial charge in [-0.3, -0.25) is 4.98 Å². The molecule has 124 valence electrons. The highest BCUT2D eigenvalue weighted by atomic mass is 32.2. The third kappa shape index (κ3) is 3.74. The van der Waals surface area contributed by atoms with E-state index in [1.165, 1.54) is 10.5 Å². The van der Waals surface area contributed by atoms with E-state index in [2.05, 4.69) is 15.1 Å². The highest BCUT2D eigenvalue weighted by Crippen LogP contribution is 2.22. The molecular weight excluding hydrogens is 320 g/mol. The smallest absolute Gasteiger partial charge is 0.252 e. The van der Waals surface area contributed by atoms with Crippen molar-refractivity contribution in [2.75, 3.05) is 13.1 Å². The Balaban J connectivity index is 1.64. The van der Waals surface area contributed by atoms with Crippen molar-refractivity contribution in [3.8, 4) is 0 Å². The van der Waals surface area contributed by atoms with Crippen LogP contribution in [-0.2, 0) is 21.4 Å². The number of aromatic nitrogens is 3. The van der Waals surface area contributed by atoms with E-state index < -0.39 is 10.0 Å². The van der Waals surface area contributed by atoms with Gasteiger partial charge in [0, 0.05) is 25.5 Å². The Morgan fingerprint density at radius 3 is 3.04 bits per heavy atom. The summed E-state index contributed by atoms with van der Waals surface area (Å²) in [7, 11) is -3.53. The molecule has 0 spiro atoms. The molecule has 3 heterocycles. The first-order valence-corrected chi connectivity index (χ1v) is 8.80. The molecule has 0 unspecified atom stereocenters. The zero-order valence-corrected chi connectivity index (χ0v) is 13.6. The minimum atomic E-state index is -3.53. The Bertz CT molecular complexity index is 747. The Labute approximate surface area is 134 Å². The molecule has 1 atom stereocenters. The van der Waals surface area contributed by atoms with Crippen LogP contribution < -0.4 is 0 Å². The summed E-state index contributed by atoms with van der Waals surface area (Å²) in [5.74, 6) is 0.947. The summed E-state index contributed by atoms with van der Waals surface area (Å²) >= 11 is 0. The number of aryl methyl sites for hydroxylation is 1. The van der Waals surface area contributed by atoms with Gasteiger partial charge in [-0.1, -0.05) is 5.16 Å². The van der Waals surface area contributed by atoms with E-state index in [-0.39, 0.29) is 17.6 Å². The van der Waals surface area contributed by atoms with E-state index in [9.17, 15) is 8.42 Å². The first-order valence-electron chi connectivity index (χ1n) is 7.36. The van der Waals surface area contributed by atoms with E-state index in [1.807, 2.05) is 0 Å². The van der Waals surface area contributed by atoms with Crippen molar-refractivity contribution in [2.45, 2.75) is 37.4 Å². The van der Waals surface area contributed by atoms with Gasteiger partial charge in [-0.15, -0.1) is 0 Å². The molecular formula is C14H18N4O4S. The van der Waals surface area contributed by atoms with Crippen molar-refractivity contribution in [1.29, 1.82) is 0 Å². The lowest BCUT2D eigenvalue weighted by Gasteiger charge is -2.31. The Morgan fingerprint density at radius 1 is 1.48 bits per heavy atom. The standard InChI is InChI=1S/C14H18N4O4S/c1-11-16-14(22-17-11)10-21-12-4-3-7-18(9-12)23(19,20)13-5-2-6-15-8-13/h2,5-6,8,12H,3-4,7,9-10H2,1H3/t12-/m0/s1. The molecule has 0 saturated carbocycles. The maximum absolute atomic E-state index is 12.6. The lowest BCUT2D eigenvalue weighted by Crippen LogP contribution is -2.43. The van der Waals surface area contributed by atoms with Crippen LogP contribution in [0.2, 0.25) is 0 Å². The Hall–Kier alpha value is -1.84. The van der Waals surface area contributed by atoms with Crippen molar-refractivity contribution < 1.29 is 17.7 Å². The fraction of sp³-hybridized carbons (Fsp3) is 0.500. The number of hydrogen-bond acceptors (Lipinski definition) is 7. The number of rotatable bonds is 5. The molecule has 3 rings (SSSR count). The predicted octanol–water partition coefficient (Wildman–Crippen LogP) is 1.14. The van der Waals surface area contributed by atoms with Crippen LogP contribution in [-0.4, -0.2) is 47.0 Å². The first-order chi connectivity index (χ1) is 11.1. The van der Waals surface area contributed by atoms with Crippen molar-refractivity contribution in [1.82, 2.24) is 19.4 Å². The average Bonchev–Trinajstić information content (AvgIpc) is 2.99.